The van der Waals surface area contributed by atoms with E-state index in [-0.39, 0.29) is 22.8 Å². The molecule has 0 heterocycles. The fourth-order valence-corrected chi connectivity index (χ4v) is 3.36. The molecule has 3 N–H and O–H groups in total. The molecule has 2 rings (SSSR count). The molecule has 7 heteroatoms. The molecule has 0 radical (unpaired) electrons. The molecule has 2 amide bonds. The Bertz CT molecular complexity index is 643. The normalized spacial score (nSPS) is 14.2. The molecule has 1 aromatic carbocycles. The van der Waals surface area contributed by atoms with Gasteiger partial charge in [-0.1, -0.05) is 45.4 Å². The molecule has 154 valence electrons. The summed E-state index contributed by atoms with van der Waals surface area (Å²) in [5.74, 6) is 0.360. The first-order valence-corrected chi connectivity index (χ1v) is 10.6. The molecule has 1 aliphatic rings. The van der Waals surface area contributed by atoms with Crippen molar-refractivity contribution in [3.05, 3.63) is 29.8 Å². The number of nitrogens with one attached hydrogen (secondary N) is 3. The predicted molar refractivity (Wildman–Crippen MR) is 114 cm³/mol. The summed E-state index contributed by atoms with van der Waals surface area (Å²) >= 11 is 5.09. The van der Waals surface area contributed by atoms with Gasteiger partial charge in [0.05, 0.1) is 6.61 Å². The van der Waals surface area contributed by atoms with Crippen molar-refractivity contribution in [2.24, 2.45) is 5.92 Å². The summed E-state index contributed by atoms with van der Waals surface area (Å²) in [7, 11) is 0. The lowest BCUT2D eigenvalue weighted by Crippen LogP contribution is -2.50. The highest BCUT2D eigenvalue weighted by atomic mass is 32.1. The lowest BCUT2D eigenvalue weighted by atomic mass is 9.89. The van der Waals surface area contributed by atoms with E-state index in [4.69, 9.17) is 17.0 Å². The van der Waals surface area contributed by atoms with Gasteiger partial charge in [-0.3, -0.25) is 25.8 Å². The first kappa shape index (κ1) is 22.1. The molecule has 0 saturated heterocycles. The highest BCUT2D eigenvalue weighted by molar-refractivity contribution is 7.80. The van der Waals surface area contributed by atoms with Crippen LogP contribution in [0.5, 0.6) is 5.75 Å². The van der Waals surface area contributed by atoms with E-state index in [0.29, 0.717) is 12.2 Å². The fraction of sp³-hybridized carbons (Fsp3) is 0.571. The quantitative estimate of drug-likeness (QED) is 0.348. The van der Waals surface area contributed by atoms with E-state index in [1.165, 1.54) is 25.7 Å². The van der Waals surface area contributed by atoms with Crippen LogP contribution in [-0.4, -0.2) is 23.5 Å². The Balaban J connectivity index is 1.69. The SMILES string of the molecule is CCCCCCOc1ccc(C(=O)NC(=S)NNC(=O)C2CCCCC2)cc1. The maximum absolute atomic E-state index is 12.3. The van der Waals surface area contributed by atoms with Crippen molar-refractivity contribution in [1.29, 1.82) is 0 Å². The lowest BCUT2D eigenvalue weighted by molar-refractivity contribution is -0.126. The van der Waals surface area contributed by atoms with Gasteiger partial charge >= 0.3 is 0 Å². The molecule has 0 atom stereocenters. The minimum atomic E-state index is -0.334. The predicted octanol–water partition coefficient (Wildman–Crippen LogP) is 3.86. The van der Waals surface area contributed by atoms with Crippen LogP contribution in [0, 0.1) is 5.92 Å². The van der Waals surface area contributed by atoms with Crippen molar-refractivity contribution in [3.8, 4) is 5.75 Å². The topological polar surface area (TPSA) is 79.5 Å². The smallest absolute Gasteiger partial charge is 0.257 e. The molecule has 1 aromatic rings. The van der Waals surface area contributed by atoms with E-state index in [1.807, 2.05) is 0 Å². The maximum atomic E-state index is 12.3. The van der Waals surface area contributed by atoms with Crippen molar-refractivity contribution in [1.82, 2.24) is 16.2 Å². The number of amides is 2. The number of hydrazine groups is 1. The second-order valence-corrected chi connectivity index (χ2v) is 7.57. The van der Waals surface area contributed by atoms with Gasteiger partial charge in [0.25, 0.3) is 5.91 Å². The number of carbonyl (C=O) groups is 2. The Morgan fingerprint density at radius 3 is 2.43 bits per heavy atom. The monoisotopic (exact) mass is 405 g/mol. The van der Waals surface area contributed by atoms with Crippen molar-refractivity contribution in [2.45, 2.75) is 64.7 Å². The number of unbranched alkanes of at least 4 members (excludes halogenated alkanes) is 3. The molecule has 1 fully saturated rings. The standard InChI is InChI=1S/C21H31N3O3S/c1-2-3-4-8-15-27-18-13-11-17(12-14-18)19(25)22-21(28)24-23-20(26)16-9-6-5-7-10-16/h11-14,16H,2-10,15H2,1H3,(H,23,26)(H2,22,24,25,28). The lowest BCUT2D eigenvalue weighted by Gasteiger charge is -2.21. The second-order valence-electron chi connectivity index (χ2n) is 7.17. The molecular formula is C21H31N3O3S. The third-order valence-corrected chi connectivity index (χ3v) is 5.09. The van der Waals surface area contributed by atoms with Gasteiger partial charge in [0.2, 0.25) is 5.91 Å². The summed E-state index contributed by atoms with van der Waals surface area (Å²) < 4.78 is 5.67. The number of carbonyl (C=O) groups excluding carboxylic acids is 2. The highest BCUT2D eigenvalue weighted by Crippen LogP contribution is 2.23. The van der Waals surface area contributed by atoms with Crippen LogP contribution in [0.15, 0.2) is 24.3 Å². The van der Waals surface area contributed by atoms with E-state index in [0.717, 1.165) is 37.9 Å². The van der Waals surface area contributed by atoms with Crippen LogP contribution in [-0.2, 0) is 4.79 Å². The molecular weight excluding hydrogens is 374 g/mol. The van der Waals surface area contributed by atoms with Crippen LogP contribution in [0.2, 0.25) is 0 Å². The van der Waals surface area contributed by atoms with E-state index in [2.05, 4.69) is 23.1 Å². The number of rotatable bonds is 8. The summed E-state index contributed by atoms with van der Waals surface area (Å²) in [4.78, 5) is 24.3. The van der Waals surface area contributed by atoms with Gasteiger partial charge in [-0.05, 0) is 55.7 Å². The summed E-state index contributed by atoms with van der Waals surface area (Å²) in [6, 6.07) is 6.94. The van der Waals surface area contributed by atoms with E-state index in [1.54, 1.807) is 24.3 Å². The van der Waals surface area contributed by atoms with Crippen LogP contribution in [0.4, 0.5) is 0 Å². The van der Waals surface area contributed by atoms with E-state index in [9.17, 15) is 9.59 Å². The zero-order chi connectivity index (χ0) is 20.2. The first-order valence-electron chi connectivity index (χ1n) is 10.2. The van der Waals surface area contributed by atoms with Crippen molar-refractivity contribution in [2.75, 3.05) is 6.61 Å². The Labute approximate surface area is 172 Å². The van der Waals surface area contributed by atoms with Gasteiger partial charge in [0.15, 0.2) is 5.11 Å². The Morgan fingerprint density at radius 1 is 1.04 bits per heavy atom. The molecule has 0 aliphatic heterocycles. The van der Waals surface area contributed by atoms with Crippen LogP contribution in [0.3, 0.4) is 0 Å². The van der Waals surface area contributed by atoms with Gasteiger partial charge in [-0.25, -0.2) is 0 Å². The minimum absolute atomic E-state index is 0.0225. The first-order chi connectivity index (χ1) is 13.6. The fourth-order valence-electron chi connectivity index (χ4n) is 3.21. The van der Waals surface area contributed by atoms with Crippen molar-refractivity contribution >= 4 is 29.1 Å². The Morgan fingerprint density at radius 2 is 1.75 bits per heavy atom. The molecule has 6 nitrogen and oxygen atoms in total. The number of thiocarbonyl (C=S) groups is 1. The number of ether oxygens (including phenoxy) is 1. The largest absolute Gasteiger partial charge is 0.494 e. The second kappa shape index (κ2) is 12.3. The molecule has 0 spiro atoms. The molecule has 28 heavy (non-hydrogen) atoms. The van der Waals surface area contributed by atoms with E-state index < -0.39 is 0 Å². The van der Waals surface area contributed by atoms with Gasteiger partial charge in [-0.15, -0.1) is 0 Å². The third-order valence-electron chi connectivity index (χ3n) is 4.89. The highest BCUT2D eigenvalue weighted by Gasteiger charge is 2.21. The number of hydrogen-bond acceptors (Lipinski definition) is 4. The maximum Gasteiger partial charge on any atom is 0.257 e. The van der Waals surface area contributed by atoms with Crippen LogP contribution in [0.25, 0.3) is 0 Å². The van der Waals surface area contributed by atoms with Crippen LogP contribution < -0.4 is 20.9 Å². The third kappa shape index (κ3) is 7.84. The van der Waals surface area contributed by atoms with Crippen LogP contribution >= 0.6 is 12.2 Å². The molecule has 0 bridgehead atoms. The van der Waals surface area contributed by atoms with Crippen LogP contribution in [0.1, 0.15) is 75.1 Å². The number of benzene rings is 1. The van der Waals surface area contributed by atoms with Crippen molar-refractivity contribution < 1.29 is 14.3 Å². The van der Waals surface area contributed by atoms with Gasteiger partial charge < -0.3 is 4.74 Å². The molecule has 1 saturated carbocycles. The van der Waals surface area contributed by atoms with E-state index >= 15 is 0 Å². The summed E-state index contributed by atoms with van der Waals surface area (Å²) in [5, 5.41) is 2.64. The van der Waals surface area contributed by atoms with Gasteiger partial charge in [0.1, 0.15) is 5.75 Å². The van der Waals surface area contributed by atoms with Gasteiger partial charge in [0, 0.05) is 11.5 Å². The minimum Gasteiger partial charge on any atom is -0.494 e. The zero-order valence-corrected chi connectivity index (χ0v) is 17.4. The molecule has 0 unspecified atom stereocenters. The summed E-state index contributed by atoms with van der Waals surface area (Å²) in [6.07, 6.45) is 9.77. The van der Waals surface area contributed by atoms with Crippen molar-refractivity contribution in [3.63, 3.8) is 0 Å². The summed E-state index contributed by atoms with van der Waals surface area (Å²) in [5.41, 5.74) is 5.68. The molecule has 0 aromatic heterocycles. The average molecular weight is 406 g/mol. The Hall–Kier alpha value is -2.15. The summed E-state index contributed by atoms with van der Waals surface area (Å²) in [6.45, 7) is 2.86. The average Bonchev–Trinajstić information content (AvgIpc) is 2.73. The van der Waals surface area contributed by atoms with Gasteiger partial charge in [-0.2, -0.15) is 0 Å². The molecule has 1 aliphatic carbocycles. The number of hydrogen-bond donors (Lipinski definition) is 3. The zero-order valence-electron chi connectivity index (χ0n) is 16.6. The Kier molecular flexibility index (Phi) is 9.76.